The van der Waals surface area contributed by atoms with Gasteiger partial charge in [0.25, 0.3) is 0 Å². The van der Waals surface area contributed by atoms with E-state index in [1.807, 2.05) is 26.8 Å². The largest absolute Gasteiger partial charge is 0.368 e. The molecule has 0 saturated carbocycles. The fourth-order valence-electron chi connectivity index (χ4n) is 1.71. The van der Waals surface area contributed by atoms with Gasteiger partial charge in [0.15, 0.2) is 0 Å². The topological polar surface area (TPSA) is 81.8 Å². The number of tetrazole rings is 1. The molecule has 1 aromatic carbocycles. The van der Waals surface area contributed by atoms with Gasteiger partial charge in [-0.25, -0.2) is 4.79 Å². The van der Waals surface area contributed by atoms with Crippen molar-refractivity contribution in [3.8, 4) is 5.69 Å². The molecule has 0 fully saturated rings. The highest BCUT2D eigenvalue weighted by Gasteiger charge is 2.15. The summed E-state index contributed by atoms with van der Waals surface area (Å²) in [7, 11) is 0. The van der Waals surface area contributed by atoms with Crippen LogP contribution in [0.15, 0.2) is 35.1 Å². The molecular weight excluding hydrogens is 270 g/mol. The van der Waals surface area contributed by atoms with Crippen LogP contribution in [0, 0.1) is 5.92 Å². The van der Waals surface area contributed by atoms with Crippen LogP contribution < -0.4 is 11.0 Å². The number of hydrogen-bond acceptors (Lipinski definition) is 4. The van der Waals surface area contributed by atoms with E-state index in [2.05, 4.69) is 15.7 Å². The van der Waals surface area contributed by atoms with Gasteiger partial charge in [-0.3, -0.25) is 4.79 Å². The van der Waals surface area contributed by atoms with Crippen LogP contribution in [0.2, 0.25) is 0 Å². The molecule has 0 saturated heterocycles. The lowest BCUT2D eigenvalue weighted by Gasteiger charge is -2.16. The van der Waals surface area contributed by atoms with Crippen molar-refractivity contribution in [3.05, 3.63) is 40.8 Å². The van der Waals surface area contributed by atoms with Crippen LogP contribution in [0.5, 0.6) is 0 Å². The zero-order valence-corrected chi connectivity index (χ0v) is 12.4. The van der Waals surface area contributed by atoms with Gasteiger partial charge in [0.05, 0.1) is 5.69 Å². The van der Waals surface area contributed by atoms with E-state index in [1.165, 1.54) is 4.68 Å². The van der Waals surface area contributed by atoms with Crippen molar-refractivity contribution in [3.63, 3.8) is 0 Å². The van der Waals surface area contributed by atoms with Crippen LogP contribution in [0.4, 0.5) is 0 Å². The third kappa shape index (κ3) is 3.56. The Morgan fingerprint density at radius 2 is 1.86 bits per heavy atom. The van der Waals surface area contributed by atoms with Gasteiger partial charge in [-0.05, 0) is 35.4 Å². The van der Waals surface area contributed by atoms with Crippen LogP contribution in [0.25, 0.3) is 5.69 Å². The van der Waals surface area contributed by atoms with Gasteiger partial charge in [-0.2, -0.15) is 9.36 Å². The average Bonchev–Trinajstić information content (AvgIpc) is 2.81. The second-order valence-corrected chi connectivity index (χ2v) is 5.27. The number of carbonyl (C=O) groups excluding carboxylic acids is 1. The minimum Gasteiger partial charge on any atom is -0.352 e. The van der Waals surface area contributed by atoms with Crippen LogP contribution >= 0.6 is 0 Å². The Bertz CT molecular complexity index is 660. The first-order valence-corrected chi connectivity index (χ1v) is 6.86. The monoisotopic (exact) mass is 289 g/mol. The second-order valence-electron chi connectivity index (χ2n) is 5.27. The number of aromatic nitrogens is 4. The van der Waals surface area contributed by atoms with Gasteiger partial charge in [0.1, 0.15) is 6.54 Å². The number of hydrogen-bond donors (Lipinski definition) is 1. The average molecular weight is 289 g/mol. The molecule has 2 rings (SSSR count). The number of benzene rings is 1. The molecule has 2 aromatic rings. The van der Waals surface area contributed by atoms with Crippen LogP contribution in [-0.4, -0.2) is 31.7 Å². The first-order chi connectivity index (χ1) is 9.99. The minimum absolute atomic E-state index is 0.0392. The molecule has 7 heteroatoms. The molecule has 21 heavy (non-hydrogen) atoms. The van der Waals surface area contributed by atoms with E-state index in [-0.39, 0.29) is 18.5 Å². The Morgan fingerprint density at radius 1 is 1.19 bits per heavy atom. The van der Waals surface area contributed by atoms with Crippen LogP contribution in [0.3, 0.4) is 0 Å². The predicted octanol–water partition coefficient (Wildman–Crippen LogP) is 0.590. The van der Waals surface area contributed by atoms with E-state index in [4.69, 9.17) is 0 Å². The van der Waals surface area contributed by atoms with Crippen LogP contribution in [-0.2, 0) is 11.3 Å². The molecule has 1 aromatic heterocycles. The molecule has 1 unspecified atom stereocenters. The molecule has 1 atom stereocenters. The molecule has 0 bridgehead atoms. The van der Waals surface area contributed by atoms with Gasteiger partial charge in [0.2, 0.25) is 5.91 Å². The molecule has 1 N–H and O–H groups in total. The molecule has 7 nitrogen and oxygen atoms in total. The summed E-state index contributed by atoms with van der Waals surface area (Å²) in [5.41, 5.74) is 0.179. The van der Waals surface area contributed by atoms with Gasteiger partial charge >= 0.3 is 5.69 Å². The number of nitrogens with one attached hydrogen (secondary N) is 1. The van der Waals surface area contributed by atoms with Gasteiger partial charge in [-0.15, -0.1) is 0 Å². The Morgan fingerprint density at radius 3 is 2.48 bits per heavy atom. The zero-order chi connectivity index (χ0) is 15.4. The highest BCUT2D eigenvalue weighted by Crippen LogP contribution is 2.01. The molecule has 1 amide bonds. The molecule has 1 heterocycles. The SMILES string of the molecule is CC(C)C(C)NC(=O)Cn1nnn(-c2ccccc2)c1=O. The van der Waals surface area contributed by atoms with E-state index >= 15 is 0 Å². The van der Waals surface area contributed by atoms with Crippen molar-refractivity contribution in [1.29, 1.82) is 0 Å². The third-order valence-electron chi connectivity index (χ3n) is 3.32. The fraction of sp³-hybridized carbons (Fsp3) is 0.429. The lowest BCUT2D eigenvalue weighted by molar-refractivity contribution is -0.122. The molecule has 0 spiro atoms. The third-order valence-corrected chi connectivity index (χ3v) is 3.32. The highest BCUT2D eigenvalue weighted by molar-refractivity contribution is 5.75. The number of carbonyl (C=O) groups is 1. The Balaban J connectivity index is 2.11. The smallest absolute Gasteiger partial charge is 0.352 e. The number of rotatable bonds is 5. The molecule has 0 aliphatic carbocycles. The van der Waals surface area contributed by atoms with Crippen molar-refractivity contribution >= 4 is 5.91 Å². The lowest BCUT2D eigenvalue weighted by atomic mass is 10.1. The second kappa shape index (κ2) is 6.34. The Hall–Kier alpha value is -2.44. The summed E-state index contributed by atoms with van der Waals surface area (Å²) < 4.78 is 2.22. The quantitative estimate of drug-likeness (QED) is 0.873. The lowest BCUT2D eigenvalue weighted by Crippen LogP contribution is -2.40. The van der Waals surface area contributed by atoms with E-state index in [1.54, 1.807) is 24.3 Å². The van der Waals surface area contributed by atoms with Crippen molar-refractivity contribution in [2.45, 2.75) is 33.4 Å². The van der Waals surface area contributed by atoms with E-state index in [0.29, 0.717) is 11.6 Å². The van der Waals surface area contributed by atoms with Gasteiger partial charge < -0.3 is 5.32 Å². The summed E-state index contributed by atoms with van der Waals surface area (Å²) in [5, 5.41) is 10.4. The first kappa shape index (κ1) is 15.0. The molecule has 0 aliphatic rings. The highest BCUT2D eigenvalue weighted by atomic mass is 16.2. The summed E-state index contributed by atoms with van der Waals surface area (Å²) in [5.74, 6) is 0.0732. The maximum Gasteiger partial charge on any atom is 0.368 e. The summed E-state index contributed by atoms with van der Waals surface area (Å²) >= 11 is 0. The molecule has 0 radical (unpaired) electrons. The standard InChI is InChI=1S/C14H19N5O2/c1-10(2)11(3)15-13(20)9-18-14(21)19(17-16-18)12-7-5-4-6-8-12/h4-8,10-11H,9H2,1-3H3,(H,15,20). The summed E-state index contributed by atoms with van der Waals surface area (Å²) in [4.78, 5) is 24.0. The maximum absolute atomic E-state index is 12.1. The van der Waals surface area contributed by atoms with Crippen molar-refractivity contribution < 1.29 is 4.79 Å². The van der Waals surface area contributed by atoms with Crippen LogP contribution in [0.1, 0.15) is 20.8 Å². The normalized spacial score (nSPS) is 12.4. The minimum atomic E-state index is -0.437. The zero-order valence-electron chi connectivity index (χ0n) is 12.4. The van der Waals surface area contributed by atoms with E-state index < -0.39 is 5.69 Å². The van der Waals surface area contributed by atoms with Crippen molar-refractivity contribution in [1.82, 2.24) is 25.1 Å². The molecule has 112 valence electrons. The Kier molecular flexibility index (Phi) is 4.52. The van der Waals surface area contributed by atoms with Crippen molar-refractivity contribution in [2.24, 2.45) is 5.92 Å². The first-order valence-electron chi connectivity index (χ1n) is 6.86. The van der Waals surface area contributed by atoms with E-state index in [9.17, 15) is 9.59 Å². The molecular formula is C14H19N5O2. The van der Waals surface area contributed by atoms with Gasteiger partial charge in [-0.1, -0.05) is 32.0 Å². The number of amides is 1. The van der Waals surface area contributed by atoms with Gasteiger partial charge in [0, 0.05) is 6.04 Å². The van der Waals surface area contributed by atoms with E-state index in [0.717, 1.165) is 4.68 Å². The fourth-order valence-corrected chi connectivity index (χ4v) is 1.71. The molecule has 0 aliphatic heterocycles. The number of nitrogens with zero attached hydrogens (tertiary/aromatic N) is 4. The summed E-state index contributed by atoms with van der Waals surface area (Å²) in [6.07, 6.45) is 0. The predicted molar refractivity (Wildman–Crippen MR) is 78.1 cm³/mol. The Labute approximate surface area is 122 Å². The maximum atomic E-state index is 12.1. The summed E-state index contributed by atoms with van der Waals surface area (Å²) in [6, 6.07) is 9.00. The van der Waals surface area contributed by atoms with Crippen molar-refractivity contribution in [2.75, 3.05) is 0 Å². The summed E-state index contributed by atoms with van der Waals surface area (Å²) in [6.45, 7) is 5.82. The number of para-hydroxylation sites is 1.